The van der Waals surface area contributed by atoms with Crippen molar-refractivity contribution >= 4 is 28.6 Å². The van der Waals surface area contributed by atoms with Crippen LogP contribution < -0.4 is 0 Å². The first-order valence-corrected chi connectivity index (χ1v) is 6.92. The normalized spacial score (nSPS) is 17.6. The van der Waals surface area contributed by atoms with Gasteiger partial charge in [-0.1, -0.05) is 36.4 Å². The van der Waals surface area contributed by atoms with E-state index in [1.807, 2.05) is 23.9 Å². The first kappa shape index (κ1) is 11.7. The summed E-state index contributed by atoms with van der Waals surface area (Å²) in [5, 5.41) is 15.9. The van der Waals surface area contributed by atoms with Crippen molar-refractivity contribution in [3.05, 3.63) is 52.8 Å². The molecule has 0 aromatic heterocycles. The fourth-order valence-electron chi connectivity index (χ4n) is 2.46. The summed E-state index contributed by atoms with van der Waals surface area (Å²) >= 11 is 1.85. The monoisotopic (exact) mass is 254 g/mol. The second-order valence-electron chi connectivity index (χ2n) is 4.73. The Kier molecular flexibility index (Phi) is 2.83. The lowest BCUT2D eigenvalue weighted by molar-refractivity contribution is 0.354. The molecule has 0 saturated heterocycles. The molecule has 0 amide bonds. The van der Waals surface area contributed by atoms with Crippen molar-refractivity contribution in [1.29, 1.82) is 0 Å². The van der Waals surface area contributed by atoms with Crippen LogP contribution in [0.1, 0.15) is 30.2 Å². The molecule has 1 nitrogen and oxygen atoms in total. The lowest BCUT2D eigenvalue weighted by Gasteiger charge is -2.22. The van der Waals surface area contributed by atoms with E-state index in [1.54, 1.807) is 6.07 Å². The Morgan fingerprint density at radius 1 is 1.17 bits per heavy atom. The number of hydrogen-bond acceptors (Lipinski definition) is 1. The van der Waals surface area contributed by atoms with Gasteiger partial charge >= 0.3 is 0 Å². The smallest absolute Gasteiger partial charge is 0.186 e. The van der Waals surface area contributed by atoms with E-state index in [-0.39, 0.29) is 5.75 Å². The van der Waals surface area contributed by atoms with Gasteiger partial charge in [0.15, 0.2) is 5.75 Å². The summed E-state index contributed by atoms with van der Waals surface area (Å²) in [6.45, 7) is 4.25. The van der Waals surface area contributed by atoms with Crippen LogP contribution in [-0.2, 0) is 5.11 Å². The van der Waals surface area contributed by atoms with Crippen LogP contribution in [-0.4, -0.2) is 0 Å². The fraction of sp³-hybridized carbons (Fsp3) is 0.188. The molecule has 0 N–H and O–H groups in total. The average molecular weight is 254 g/mol. The summed E-state index contributed by atoms with van der Waals surface area (Å²) < 4.78 is 0. The van der Waals surface area contributed by atoms with Crippen LogP contribution in [0, 0.1) is 5.25 Å². The molecular formula is C16H14OS. The number of benzene rings is 2. The molecule has 2 aromatic rings. The van der Waals surface area contributed by atoms with Crippen LogP contribution in [0.2, 0.25) is 0 Å². The lowest BCUT2D eigenvalue weighted by atomic mass is 9.92. The van der Waals surface area contributed by atoms with Gasteiger partial charge in [0, 0.05) is 16.1 Å². The van der Waals surface area contributed by atoms with Gasteiger partial charge in [0.1, 0.15) is 0 Å². The van der Waals surface area contributed by atoms with E-state index in [0.717, 1.165) is 16.3 Å². The summed E-state index contributed by atoms with van der Waals surface area (Å²) in [5.41, 5.74) is 2.10. The third kappa shape index (κ3) is 1.81. The number of hydrogen-bond donors (Lipinski definition) is 0. The van der Waals surface area contributed by atoms with Gasteiger partial charge < -0.3 is 0 Å². The fourth-order valence-corrected chi connectivity index (χ4v) is 3.45. The maximum absolute atomic E-state index is 11.9. The Bertz CT molecular complexity index is 628. The molecule has 0 heterocycles. The van der Waals surface area contributed by atoms with E-state index in [4.69, 9.17) is 0 Å². The van der Waals surface area contributed by atoms with Crippen molar-refractivity contribution in [2.24, 2.45) is 0 Å². The van der Waals surface area contributed by atoms with Crippen LogP contribution in [0.4, 0.5) is 0 Å². The van der Waals surface area contributed by atoms with Crippen molar-refractivity contribution in [1.82, 2.24) is 0 Å². The Balaban J connectivity index is 2.24. The molecule has 1 aliphatic rings. The van der Waals surface area contributed by atoms with Gasteiger partial charge in [0.05, 0.1) is 0 Å². The highest BCUT2D eigenvalue weighted by Gasteiger charge is 2.21. The highest BCUT2D eigenvalue weighted by molar-refractivity contribution is 8.02. The summed E-state index contributed by atoms with van der Waals surface area (Å²) in [5.74, 6) is 0.117. The molecule has 1 atom stereocenters. The van der Waals surface area contributed by atoms with E-state index in [9.17, 15) is 5.11 Å². The lowest BCUT2D eigenvalue weighted by Crippen LogP contribution is -1.99. The Morgan fingerprint density at radius 3 is 2.78 bits per heavy atom. The third-order valence-electron chi connectivity index (χ3n) is 3.18. The zero-order valence-electron chi connectivity index (χ0n) is 10.4. The van der Waals surface area contributed by atoms with E-state index in [2.05, 4.69) is 38.1 Å². The first-order chi connectivity index (χ1) is 8.66. The molecule has 2 radical (unpaired) electrons. The predicted octanol–water partition coefficient (Wildman–Crippen LogP) is 5.36. The van der Waals surface area contributed by atoms with Crippen molar-refractivity contribution in [2.75, 3.05) is 0 Å². The predicted molar refractivity (Wildman–Crippen MR) is 78.0 cm³/mol. The zero-order valence-corrected chi connectivity index (χ0v) is 11.3. The molecule has 1 unspecified atom stereocenters. The largest absolute Gasteiger partial charge is 0.289 e. The summed E-state index contributed by atoms with van der Waals surface area (Å²) in [6, 6.07) is 9.87. The molecule has 0 spiro atoms. The highest BCUT2D eigenvalue weighted by atomic mass is 32.2. The van der Waals surface area contributed by atoms with E-state index < -0.39 is 0 Å². The number of rotatable bonds is 2. The third-order valence-corrected chi connectivity index (χ3v) is 4.32. The quantitative estimate of drug-likeness (QED) is 0.706. The molecule has 1 aliphatic carbocycles. The number of thioether (sulfide) groups is 1. The van der Waals surface area contributed by atoms with E-state index >= 15 is 0 Å². The van der Waals surface area contributed by atoms with E-state index in [1.165, 1.54) is 10.8 Å². The molecule has 2 aromatic carbocycles. The van der Waals surface area contributed by atoms with Gasteiger partial charge in [-0.25, -0.2) is 0 Å². The molecular weight excluding hydrogens is 240 g/mol. The van der Waals surface area contributed by atoms with Crippen LogP contribution in [0.25, 0.3) is 16.8 Å². The molecule has 2 heteroatoms. The van der Waals surface area contributed by atoms with Crippen LogP contribution in [0.15, 0.2) is 36.4 Å². The van der Waals surface area contributed by atoms with Gasteiger partial charge in [0.25, 0.3) is 0 Å². The van der Waals surface area contributed by atoms with Gasteiger partial charge in [-0.3, -0.25) is 5.11 Å². The minimum absolute atomic E-state index is 0.117. The van der Waals surface area contributed by atoms with Gasteiger partial charge in [0.2, 0.25) is 0 Å². The van der Waals surface area contributed by atoms with Gasteiger partial charge in [-0.2, -0.15) is 0 Å². The highest BCUT2D eigenvalue weighted by Crippen LogP contribution is 2.45. The minimum Gasteiger partial charge on any atom is -0.289 e. The van der Waals surface area contributed by atoms with Crippen molar-refractivity contribution in [3.8, 4) is 5.75 Å². The second-order valence-corrected chi connectivity index (χ2v) is 6.29. The van der Waals surface area contributed by atoms with Crippen LogP contribution >= 0.6 is 11.8 Å². The summed E-state index contributed by atoms with van der Waals surface area (Å²) in [7, 11) is 0. The Hall–Kier alpha value is -1.41. The topological polar surface area (TPSA) is 19.9 Å². The molecule has 90 valence electrons. The Morgan fingerprint density at radius 2 is 2.00 bits per heavy atom. The van der Waals surface area contributed by atoms with Crippen LogP contribution in [0.5, 0.6) is 5.75 Å². The standard InChI is InChI=1S/C16H14OS/c1-10(2)18-15-9-7-12-14(17)8-6-11-4-3-5-13(15)16(11)12/h3-9,15H,1-2H3. The summed E-state index contributed by atoms with van der Waals surface area (Å²) in [6.07, 6.45) is 4.12. The van der Waals surface area contributed by atoms with Crippen molar-refractivity contribution in [2.45, 2.75) is 19.1 Å². The molecule has 0 saturated carbocycles. The maximum Gasteiger partial charge on any atom is 0.186 e. The second kappa shape index (κ2) is 4.36. The average Bonchev–Trinajstić information content (AvgIpc) is 2.35. The van der Waals surface area contributed by atoms with Crippen LogP contribution in [0.3, 0.4) is 0 Å². The first-order valence-electron chi connectivity index (χ1n) is 6.04. The molecule has 3 rings (SSSR count). The maximum atomic E-state index is 11.9. The van der Waals surface area contributed by atoms with Gasteiger partial charge in [-0.15, -0.1) is 11.8 Å². The van der Waals surface area contributed by atoms with Crippen molar-refractivity contribution in [3.63, 3.8) is 0 Å². The Labute approximate surface area is 112 Å². The summed E-state index contributed by atoms with van der Waals surface area (Å²) in [4.78, 5) is 0. The zero-order chi connectivity index (χ0) is 12.7. The molecule has 0 bridgehead atoms. The SMILES string of the molecule is C[C](C)SC1C=Cc2c([O])ccc3cccc1c23. The molecule has 18 heavy (non-hydrogen) atoms. The van der Waals surface area contributed by atoms with Gasteiger partial charge in [-0.05, 0) is 36.2 Å². The minimum atomic E-state index is 0.117. The molecule has 0 fully saturated rings. The molecule has 0 aliphatic heterocycles. The van der Waals surface area contributed by atoms with E-state index in [0.29, 0.717) is 5.25 Å². The van der Waals surface area contributed by atoms with Crippen molar-refractivity contribution < 1.29 is 5.11 Å².